The minimum atomic E-state index is -1.13. The second-order valence-corrected chi connectivity index (χ2v) is 6.51. The topological polar surface area (TPSA) is 88.0 Å². The SMILES string of the molecule is O=C(O)C1=NOC(C(=O)NCC2CSCCS2)C1. The monoisotopic (exact) mass is 290 g/mol. The first-order chi connectivity index (χ1) is 8.66. The standard InChI is InChI=1S/C10H14N2O4S2/c13-9(8-3-7(10(14)15)12-16-8)11-4-6-5-17-1-2-18-6/h6,8H,1-5H2,(H,11,13)(H,14,15). The number of oxime groups is 1. The molecule has 0 aromatic rings. The van der Waals surface area contributed by atoms with Crippen molar-refractivity contribution in [1.82, 2.24) is 5.32 Å². The van der Waals surface area contributed by atoms with Crippen LogP contribution in [0.25, 0.3) is 0 Å². The molecule has 1 fully saturated rings. The van der Waals surface area contributed by atoms with Crippen LogP contribution in [0, 0.1) is 0 Å². The molecule has 2 heterocycles. The van der Waals surface area contributed by atoms with Crippen LogP contribution in [0.2, 0.25) is 0 Å². The summed E-state index contributed by atoms with van der Waals surface area (Å²) in [5.41, 5.74) is -0.0993. The molecule has 0 aromatic heterocycles. The lowest BCUT2D eigenvalue weighted by Gasteiger charge is -2.21. The van der Waals surface area contributed by atoms with Crippen molar-refractivity contribution in [2.24, 2.45) is 5.16 Å². The van der Waals surface area contributed by atoms with E-state index in [1.54, 1.807) is 0 Å². The molecule has 6 nitrogen and oxygen atoms in total. The predicted octanol–water partition coefficient (Wildman–Crippen LogP) is 0.181. The summed E-state index contributed by atoms with van der Waals surface area (Å²) < 4.78 is 0. The van der Waals surface area contributed by atoms with Crippen LogP contribution in [0.15, 0.2) is 5.16 Å². The fraction of sp³-hybridized carbons (Fsp3) is 0.700. The minimum absolute atomic E-state index is 0.0354. The number of carbonyl (C=O) groups excluding carboxylic acids is 1. The Kier molecular flexibility index (Phi) is 4.76. The lowest BCUT2D eigenvalue weighted by molar-refractivity contribution is -0.131. The number of amides is 1. The highest BCUT2D eigenvalue weighted by Crippen LogP contribution is 2.23. The van der Waals surface area contributed by atoms with Crippen molar-refractivity contribution in [3.8, 4) is 0 Å². The van der Waals surface area contributed by atoms with E-state index in [1.165, 1.54) is 0 Å². The number of carboxylic acid groups (broad SMARTS) is 1. The van der Waals surface area contributed by atoms with Crippen LogP contribution in [-0.4, -0.2) is 57.9 Å². The van der Waals surface area contributed by atoms with Gasteiger partial charge in [-0.15, -0.1) is 0 Å². The van der Waals surface area contributed by atoms with Crippen LogP contribution in [0.3, 0.4) is 0 Å². The molecule has 2 N–H and O–H groups in total. The molecular weight excluding hydrogens is 276 g/mol. The van der Waals surface area contributed by atoms with Gasteiger partial charge in [-0.1, -0.05) is 5.16 Å². The summed E-state index contributed by atoms with van der Waals surface area (Å²) in [6.45, 7) is 0.596. The van der Waals surface area contributed by atoms with E-state index in [9.17, 15) is 9.59 Å². The number of rotatable bonds is 4. The molecule has 2 rings (SSSR count). The van der Waals surface area contributed by atoms with Crippen molar-refractivity contribution < 1.29 is 19.5 Å². The van der Waals surface area contributed by atoms with E-state index in [0.717, 1.165) is 17.3 Å². The number of hydrogen-bond acceptors (Lipinski definition) is 6. The van der Waals surface area contributed by atoms with Crippen LogP contribution >= 0.6 is 23.5 Å². The molecule has 0 saturated carbocycles. The second kappa shape index (κ2) is 6.33. The Morgan fingerprint density at radius 3 is 2.94 bits per heavy atom. The van der Waals surface area contributed by atoms with Crippen LogP contribution < -0.4 is 5.32 Å². The number of carboxylic acids is 1. The zero-order valence-corrected chi connectivity index (χ0v) is 11.3. The maximum absolute atomic E-state index is 11.7. The molecule has 8 heteroatoms. The largest absolute Gasteiger partial charge is 0.477 e. The number of aliphatic carboxylic acids is 1. The normalized spacial score (nSPS) is 27.2. The zero-order valence-electron chi connectivity index (χ0n) is 9.63. The van der Waals surface area contributed by atoms with E-state index in [4.69, 9.17) is 9.94 Å². The molecular formula is C10H14N2O4S2. The fourth-order valence-electron chi connectivity index (χ4n) is 1.63. The highest BCUT2D eigenvalue weighted by Gasteiger charge is 2.31. The molecule has 2 unspecified atom stereocenters. The fourth-order valence-corrected chi connectivity index (χ4v) is 4.24. The van der Waals surface area contributed by atoms with Gasteiger partial charge in [-0.3, -0.25) is 4.79 Å². The first kappa shape index (κ1) is 13.5. The van der Waals surface area contributed by atoms with Gasteiger partial charge in [-0.05, 0) is 0 Å². The van der Waals surface area contributed by atoms with Crippen molar-refractivity contribution >= 4 is 41.1 Å². The van der Waals surface area contributed by atoms with Gasteiger partial charge < -0.3 is 15.3 Å². The Labute approximate surface area is 113 Å². The number of nitrogens with zero attached hydrogens (tertiary/aromatic N) is 1. The molecule has 1 saturated heterocycles. The number of carbonyl (C=O) groups is 2. The molecule has 100 valence electrons. The summed E-state index contributed by atoms with van der Waals surface area (Å²) in [6, 6.07) is 0. The molecule has 18 heavy (non-hydrogen) atoms. The van der Waals surface area contributed by atoms with Gasteiger partial charge in [0.1, 0.15) is 0 Å². The zero-order chi connectivity index (χ0) is 13.0. The van der Waals surface area contributed by atoms with Gasteiger partial charge in [-0.2, -0.15) is 23.5 Å². The highest BCUT2D eigenvalue weighted by atomic mass is 32.2. The third-order valence-corrected chi connectivity index (χ3v) is 5.44. The highest BCUT2D eigenvalue weighted by molar-refractivity contribution is 8.06. The molecule has 1 amide bonds. The maximum Gasteiger partial charge on any atom is 0.353 e. The molecule has 0 bridgehead atoms. The average Bonchev–Trinajstić information content (AvgIpc) is 2.87. The van der Waals surface area contributed by atoms with Crippen molar-refractivity contribution in [2.75, 3.05) is 23.8 Å². The van der Waals surface area contributed by atoms with Crippen LogP contribution in [-0.2, 0) is 14.4 Å². The predicted molar refractivity (Wildman–Crippen MR) is 71.1 cm³/mol. The summed E-state index contributed by atoms with van der Waals surface area (Å²) >= 11 is 3.74. The third-order valence-electron chi connectivity index (χ3n) is 2.60. The summed E-state index contributed by atoms with van der Waals surface area (Å²) in [5.74, 6) is 1.89. The lowest BCUT2D eigenvalue weighted by Crippen LogP contribution is -2.40. The average molecular weight is 290 g/mol. The Bertz CT molecular complexity index is 369. The molecule has 2 aliphatic rings. The minimum Gasteiger partial charge on any atom is -0.477 e. The van der Waals surface area contributed by atoms with Gasteiger partial charge in [0.15, 0.2) is 5.71 Å². The summed E-state index contributed by atoms with van der Waals surface area (Å²) in [4.78, 5) is 27.2. The van der Waals surface area contributed by atoms with E-state index in [0.29, 0.717) is 11.8 Å². The van der Waals surface area contributed by atoms with Crippen molar-refractivity contribution in [2.45, 2.75) is 17.8 Å². The first-order valence-corrected chi connectivity index (χ1v) is 7.80. The van der Waals surface area contributed by atoms with E-state index in [2.05, 4.69) is 10.5 Å². The van der Waals surface area contributed by atoms with E-state index < -0.39 is 12.1 Å². The van der Waals surface area contributed by atoms with Gasteiger partial charge in [0.2, 0.25) is 6.10 Å². The number of thioether (sulfide) groups is 2. The Morgan fingerprint density at radius 1 is 1.50 bits per heavy atom. The molecule has 2 atom stereocenters. The molecule has 0 aliphatic carbocycles. The van der Waals surface area contributed by atoms with Gasteiger partial charge in [0.05, 0.1) is 0 Å². The van der Waals surface area contributed by atoms with Gasteiger partial charge in [-0.25, -0.2) is 4.79 Å². The second-order valence-electron chi connectivity index (χ2n) is 3.95. The van der Waals surface area contributed by atoms with Crippen molar-refractivity contribution in [3.63, 3.8) is 0 Å². The Hall–Kier alpha value is -0.890. The molecule has 0 radical (unpaired) electrons. The quantitative estimate of drug-likeness (QED) is 0.768. The van der Waals surface area contributed by atoms with Crippen molar-refractivity contribution in [1.29, 1.82) is 0 Å². The molecule has 0 aromatic carbocycles. The van der Waals surface area contributed by atoms with E-state index in [1.807, 2.05) is 23.5 Å². The summed E-state index contributed by atoms with van der Waals surface area (Å²) in [6.07, 6.45) is -0.759. The Balaban J connectivity index is 1.71. The smallest absolute Gasteiger partial charge is 0.353 e. The molecule has 2 aliphatic heterocycles. The van der Waals surface area contributed by atoms with Gasteiger partial charge in [0.25, 0.3) is 5.91 Å². The van der Waals surface area contributed by atoms with Gasteiger partial charge >= 0.3 is 5.97 Å². The number of nitrogens with one attached hydrogen (secondary N) is 1. The lowest BCUT2D eigenvalue weighted by atomic mass is 10.2. The van der Waals surface area contributed by atoms with Crippen LogP contribution in [0.4, 0.5) is 0 Å². The summed E-state index contributed by atoms with van der Waals surface area (Å²) in [5, 5.41) is 15.3. The van der Waals surface area contributed by atoms with Crippen molar-refractivity contribution in [3.05, 3.63) is 0 Å². The van der Waals surface area contributed by atoms with Crippen LogP contribution in [0.5, 0.6) is 0 Å². The van der Waals surface area contributed by atoms with E-state index in [-0.39, 0.29) is 18.0 Å². The third kappa shape index (κ3) is 3.55. The van der Waals surface area contributed by atoms with Crippen LogP contribution in [0.1, 0.15) is 6.42 Å². The molecule has 0 spiro atoms. The van der Waals surface area contributed by atoms with E-state index >= 15 is 0 Å². The number of hydrogen-bond donors (Lipinski definition) is 2. The Morgan fingerprint density at radius 2 is 2.33 bits per heavy atom. The summed E-state index contributed by atoms with van der Waals surface area (Å²) in [7, 11) is 0. The first-order valence-electron chi connectivity index (χ1n) is 5.60. The van der Waals surface area contributed by atoms with Gasteiger partial charge in [0, 0.05) is 35.5 Å². The maximum atomic E-state index is 11.7.